The number of aromatic nitrogens is 3. The van der Waals surface area contributed by atoms with Crippen LogP contribution in [0.4, 0.5) is 20.7 Å². The maximum absolute atomic E-state index is 13.8. The fourth-order valence-electron chi connectivity index (χ4n) is 3.66. The van der Waals surface area contributed by atoms with E-state index in [0.29, 0.717) is 36.0 Å². The van der Waals surface area contributed by atoms with Crippen LogP contribution in [0.25, 0.3) is 5.65 Å². The van der Waals surface area contributed by atoms with Crippen molar-refractivity contribution in [3.63, 3.8) is 0 Å². The summed E-state index contributed by atoms with van der Waals surface area (Å²) >= 11 is 0. The first-order valence-electron chi connectivity index (χ1n) is 11.6. The number of hydrogen-bond donors (Lipinski definition) is 2. The molecule has 2 aromatic rings. The second-order valence-electron chi connectivity index (χ2n) is 9.34. The van der Waals surface area contributed by atoms with Gasteiger partial charge < -0.3 is 25.4 Å². The Morgan fingerprint density at radius 2 is 2.26 bits per heavy atom. The predicted molar refractivity (Wildman–Crippen MR) is 134 cm³/mol. The van der Waals surface area contributed by atoms with Crippen molar-refractivity contribution in [2.24, 2.45) is 4.99 Å². The molecule has 1 aliphatic rings. The highest BCUT2D eigenvalue weighted by atomic mass is 19.1. The van der Waals surface area contributed by atoms with Gasteiger partial charge in [-0.05, 0) is 52.7 Å². The number of ether oxygens (including phenoxy) is 2. The SMILES string of the molecule is C=C/C(F)=C\N=C(O[C@@H](C)CCNC(=O)OC(C)(C)C)C1CCCN1c1ccn2ncc(N)c2n1. The monoisotopic (exact) mass is 487 g/mol. The van der Waals surface area contributed by atoms with Gasteiger partial charge in [-0.1, -0.05) is 6.58 Å². The molecular weight excluding hydrogens is 453 g/mol. The molecule has 11 heteroatoms. The second-order valence-corrected chi connectivity index (χ2v) is 9.34. The van der Waals surface area contributed by atoms with Gasteiger partial charge in [-0.2, -0.15) is 5.10 Å². The number of nitrogens with one attached hydrogen (secondary N) is 1. The fourth-order valence-corrected chi connectivity index (χ4v) is 3.66. The van der Waals surface area contributed by atoms with E-state index in [4.69, 9.17) is 15.2 Å². The molecule has 2 atom stereocenters. The first-order valence-corrected chi connectivity index (χ1v) is 11.6. The summed E-state index contributed by atoms with van der Waals surface area (Å²) in [7, 11) is 0. The number of alkyl carbamates (subject to hydrolysis) is 1. The number of anilines is 2. The van der Waals surface area contributed by atoms with Crippen LogP contribution in [-0.4, -0.2) is 57.4 Å². The van der Waals surface area contributed by atoms with Gasteiger partial charge in [-0.3, -0.25) is 0 Å². The highest BCUT2D eigenvalue weighted by Crippen LogP contribution is 2.27. The third-order valence-electron chi connectivity index (χ3n) is 5.26. The molecule has 3 N–H and O–H groups in total. The van der Waals surface area contributed by atoms with Gasteiger partial charge in [0, 0.05) is 25.7 Å². The minimum atomic E-state index is -0.571. The zero-order valence-corrected chi connectivity index (χ0v) is 20.7. The minimum absolute atomic E-state index is 0.246. The number of hydrogen-bond acceptors (Lipinski definition) is 8. The number of fused-ring (bicyclic) bond motifs is 1. The molecule has 1 fully saturated rings. The van der Waals surface area contributed by atoms with Crippen molar-refractivity contribution in [3.8, 4) is 0 Å². The number of carbonyl (C=O) groups is 1. The molecule has 190 valence electrons. The fraction of sp³-hybridized carbons (Fsp3) is 0.500. The van der Waals surface area contributed by atoms with E-state index in [1.54, 1.807) is 37.7 Å². The van der Waals surface area contributed by atoms with Gasteiger partial charge >= 0.3 is 6.09 Å². The van der Waals surface area contributed by atoms with Gasteiger partial charge in [0.05, 0.1) is 24.2 Å². The molecule has 0 saturated carbocycles. The summed E-state index contributed by atoms with van der Waals surface area (Å²) in [6.45, 7) is 11.8. The normalized spacial score (nSPS) is 18.0. The van der Waals surface area contributed by atoms with E-state index in [2.05, 4.69) is 31.9 Å². The number of amides is 1. The zero-order valence-electron chi connectivity index (χ0n) is 20.7. The third kappa shape index (κ3) is 7.17. The lowest BCUT2D eigenvalue weighted by atomic mass is 10.2. The summed E-state index contributed by atoms with van der Waals surface area (Å²) in [6, 6.07) is 1.60. The van der Waals surface area contributed by atoms with Gasteiger partial charge in [0.25, 0.3) is 0 Å². The lowest BCUT2D eigenvalue weighted by Crippen LogP contribution is -2.40. The quantitative estimate of drug-likeness (QED) is 0.328. The first kappa shape index (κ1) is 26.0. The molecule has 0 aromatic carbocycles. The maximum Gasteiger partial charge on any atom is 0.407 e. The molecular formula is C24H34FN7O3. The van der Waals surface area contributed by atoms with Crippen molar-refractivity contribution in [3.05, 3.63) is 43.1 Å². The van der Waals surface area contributed by atoms with E-state index in [0.717, 1.165) is 31.7 Å². The standard InChI is InChI=1S/C24H34FN7O3/c1-6-17(25)14-28-22(34-16(2)9-11-27-23(33)35-24(3,4)5)19-8-7-12-31(19)20-10-13-32-21(30-20)18(26)15-29-32/h6,10,13-16,19H,1,7-9,11-12,26H2,2-5H3,(H,27,33)/b17-14+,28-22?/t16-,19?/m0/s1. The van der Waals surface area contributed by atoms with E-state index < -0.39 is 17.5 Å². The molecule has 3 rings (SSSR count). The molecule has 1 unspecified atom stereocenters. The highest BCUT2D eigenvalue weighted by Gasteiger charge is 2.32. The average Bonchev–Trinajstić information content (AvgIpc) is 3.42. The second kappa shape index (κ2) is 11.2. The molecule has 3 heterocycles. The minimum Gasteiger partial charge on any atom is -0.476 e. The molecule has 0 bridgehead atoms. The van der Waals surface area contributed by atoms with E-state index in [-0.39, 0.29) is 12.1 Å². The molecule has 1 saturated heterocycles. The Bertz CT molecular complexity index is 1110. The Labute approximate surface area is 204 Å². The van der Waals surface area contributed by atoms with Crippen LogP contribution in [0.5, 0.6) is 0 Å². The van der Waals surface area contributed by atoms with Crippen LogP contribution in [0.1, 0.15) is 47.0 Å². The molecule has 35 heavy (non-hydrogen) atoms. The Morgan fingerprint density at radius 1 is 1.49 bits per heavy atom. The molecule has 0 radical (unpaired) electrons. The number of nitrogens with zero attached hydrogens (tertiary/aromatic N) is 5. The molecule has 0 aliphatic carbocycles. The Balaban J connectivity index is 1.73. The number of allylic oxidation sites excluding steroid dienone is 2. The summed E-state index contributed by atoms with van der Waals surface area (Å²) in [6.07, 6.45) is 6.89. The molecule has 0 spiro atoms. The zero-order chi connectivity index (χ0) is 25.6. The smallest absolute Gasteiger partial charge is 0.407 e. The summed E-state index contributed by atoms with van der Waals surface area (Å²) < 4.78 is 26.8. The topological polar surface area (TPSA) is 119 Å². The largest absolute Gasteiger partial charge is 0.476 e. The predicted octanol–water partition coefficient (Wildman–Crippen LogP) is 4.00. The van der Waals surface area contributed by atoms with Gasteiger partial charge in [-0.25, -0.2) is 23.7 Å². The third-order valence-corrected chi connectivity index (χ3v) is 5.26. The summed E-state index contributed by atoms with van der Waals surface area (Å²) in [5, 5.41) is 6.88. The number of carbonyl (C=O) groups excluding carboxylic acids is 1. The molecule has 1 aliphatic heterocycles. The van der Waals surface area contributed by atoms with E-state index in [1.165, 1.54) is 0 Å². The molecule has 10 nitrogen and oxygen atoms in total. The van der Waals surface area contributed by atoms with Crippen molar-refractivity contribution in [1.82, 2.24) is 19.9 Å². The molecule has 2 aromatic heterocycles. The summed E-state index contributed by atoms with van der Waals surface area (Å²) in [5.41, 5.74) is 6.46. The average molecular weight is 488 g/mol. The van der Waals surface area contributed by atoms with Gasteiger partial charge in [0.15, 0.2) is 5.65 Å². The number of aliphatic imine (C=N–C) groups is 1. The van der Waals surface area contributed by atoms with Crippen LogP contribution in [0.2, 0.25) is 0 Å². The Hall–Kier alpha value is -3.63. The van der Waals surface area contributed by atoms with Crippen LogP contribution in [-0.2, 0) is 9.47 Å². The summed E-state index contributed by atoms with van der Waals surface area (Å²) in [5.74, 6) is 0.504. The van der Waals surface area contributed by atoms with Crippen molar-refractivity contribution in [2.45, 2.75) is 64.7 Å². The van der Waals surface area contributed by atoms with Crippen LogP contribution >= 0.6 is 0 Å². The van der Waals surface area contributed by atoms with Gasteiger partial charge in [-0.15, -0.1) is 0 Å². The van der Waals surface area contributed by atoms with Crippen LogP contribution in [0, 0.1) is 0 Å². The highest BCUT2D eigenvalue weighted by molar-refractivity contribution is 5.86. The van der Waals surface area contributed by atoms with E-state index in [1.807, 2.05) is 13.0 Å². The van der Waals surface area contributed by atoms with E-state index >= 15 is 0 Å². The number of rotatable bonds is 8. The van der Waals surface area contributed by atoms with Crippen molar-refractivity contribution >= 4 is 29.1 Å². The number of nitrogens with two attached hydrogens (primary N) is 1. The molecule has 1 amide bonds. The summed E-state index contributed by atoms with van der Waals surface area (Å²) in [4.78, 5) is 22.9. The van der Waals surface area contributed by atoms with Crippen molar-refractivity contribution in [2.75, 3.05) is 23.7 Å². The Kier molecular flexibility index (Phi) is 8.31. The van der Waals surface area contributed by atoms with Crippen molar-refractivity contribution < 1.29 is 18.7 Å². The van der Waals surface area contributed by atoms with Crippen LogP contribution in [0.15, 0.2) is 48.1 Å². The Morgan fingerprint density at radius 3 is 2.97 bits per heavy atom. The van der Waals surface area contributed by atoms with Crippen LogP contribution in [0.3, 0.4) is 0 Å². The van der Waals surface area contributed by atoms with Crippen LogP contribution < -0.4 is 16.0 Å². The lowest BCUT2D eigenvalue weighted by Gasteiger charge is -2.28. The number of halogens is 1. The van der Waals surface area contributed by atoms with Gasteiger partial charge in [0.1, 0.15) is 23.3 Å². The maximum atomic E-state index is 13.8. The van der Waals surface area contributed by atoms with Gasteiger partial charge in [0.2, 0.25) is 5.90 Å². The van der Waals surface area contributed by atoms with Crippen molar-refractivity contribution in [1.29, 1.82) is 0 Å². The first-order chi connectivity index (χ1) is 16.6. The van der Waals surface area contributed by atoms with E-state index in [9.17, 15) is 9.18 Å². The number of nitrogen functional groups attached to an aromatic ring is 1. The lowest BCUT2D eigenvalue weighted by molar-refractivity contribution is 0.0521.